The number of aliphatic hydroxyl groups excluding tert-OH is 1. The van der Waals surface area contributed by atoms with Crippen molar-refractivity contribution in [3.8, 4) is 17.2 Å². The number of ether oxygens (including phenoxy) is 2. The van der Waals surface area contributed by atoms with Crippen LogP contribution < -0.4 is 9.47 Å². The molecule has 0 spiro atoms. The molecule has 2 N–H and O–H groups in total. The summed E-state index contributed by atoms with van der Waals surface area (Å²) in [4.78, 5) is 31.6. The molecule has 8 nitrogen and oxygen atoms in total. The van der Waals surface area contributed by atoms with Crippen molar-refractivity contribution in [3.63, 3.8) is 0 Å². The average Bonchev–Trinajstić information content (AvgIpc) is 3.09. The van der Waals surface area contributed by atoms with Gasteiger partial charge in [-0.15, -0.1) is 0 Å². The molecule has 3 heterocycles. The highest BCUT2D eigenvalue weighted by molar-refractivity contribution is 6.46. The maximum Gasteiger partial charge on any atom is 0.295 e. The van der Waals surface area contributed by atoms with Crippen LogP contribution in [0.2, 0.25) is 0 Å². The van der Waals surface area contributed by atoms with Crippen LogP contribution in [0.3, 0.4) is 0 Å². The Morgan fingerprint density at radius 3 is 2.52 bits per heavy atom. The molecule has 1 saturated heterocycles. The van der Waals surface area contributed by atoms with Gasteiger partial charge in [-0.2, -0.15) is 0 Å². The number of hydrogen-bond acceptors (Lipinski definition) is 7. The number of fused-ring (bicyclic) bond motifs is 1. The van der Waals surface area contributed by atoms with Gasteiger partial charge in [-0.1, -0.05) is 12.1 Å². The van der Waals surface area contributed by atoms with E-state index in [0.717, 1.165) is 5.56 Å². The van der Waals surface area contributed by atoms with Crippen LogP contribution >= 0.6 is 0 Å². The summed E-state index contributed by atoms with van der Waals surface area (Å²) in [7, 11) is 0. The number of rotatable bonds is 4. The molecule has 0 unspecified atom stereocenters. The molecular formula is C25H20N2O6. The highest BCUT2D eigenvalue weighted by Crippen LogP contribution is 2.42. The number of benzene rings is 2. The Morgan fingerprint density at radius 2 is 1.76 bits per heavy atom. The van der Waals surface area contributed by atoms with Crippen molar-refractivity contribution in [1.29, 1.82) is 0 Å². The van der Waals surface area contributed by atoms with E-state index in [9.17, 15) is 19.8 Å². The molecule has 8 heteroatoms. The number of ketones is 1. The van der Waals surface area contributed by atoms with Crippen molar-refractivity contribution in [2.45, 2.75) is 12.6 Å². The molecule has 1 atom stereocenters. The van der Waals surface area contributed by atoms with Crippen LogP contribution in [0, 0.1) is 0 Å². The van der Waals surface area contributed by atoms with E-state index >= 15 is 0 Å². The summed E-state index contributed by atoms with van der Waals surface area (Å²) in [5.41, 5.74) is 1.54. The first-order valence-corrected chi connectivity index (χ1v) is 10.4. The topological polar surface area (TPSA) is 109 Å². The number of pyridine rings is 1. The number of aromatic hydroxyl groups is 1. The zero-order valence-electron chi connectivity index (χ0n) is 17.5. The number of carbonyl (C=O) groups excluding carboxylic acids is 2. The van der Waals surface area contributed by atoms with E-state index in [1.807, 2.05) is 0 Å². The van der Waals surface area contributed by atoms with Gasteiger partial charge in [-0.3, -0.25) is 14.6 Å². The van der Waals surface area contributed by atoms with Crippen molar-refractivity contribution < 1.29 is 29.3 Å². The van der Waals surface area contributed by atoms with Crippen LogP contribution in [0.1, 0.15) is 22.7 Å². The van der Waals surface area contributed by atoms with Crippen LogP contribution in [0.15, 0.2) is 72.6 Å². The van der Waals surface area contributed by atoms with E-state index in [0.29, 0.717) is 35.8 Å². The van der Waals surface area contributed by atoms with Crippen LogP contribution in [-0.4, -0.2) is 45.0 Å². The zero-order chi connectivity index (χ0) is 22.9. The lowest BCUT2D eigenvalue weighted by Gasteiger charge is -2.25. The second kappa shape index (κ2) is 8.31. The number of Topliss-reactive ketones (excluding diaryl/α,β-unsaturated/α-hetero) is 1. The summed E-state index contributed by atoms with van der Waals surface area (Å²) >= 11 is 0. The number of phenolic OH excluding ortho intramolecular Hbond substituents is 1. The summed E-state index contributed by atoms with van der Waals surface area (Å²) in [5.74, 6) is -0.882. The summed E-state index contributed by atoms with van der Waals surface area (Å²) in [5, 5.41) is 21.3. The molecule has 2 aromatic carbocycles. The van der Waals surface area contributed by atoms with Gasteiger partial charge in [0.15, 0.2) is 11.5 Å². The van der Waals surface area contributed by atoms with Crippen LogP contribution in [0.25, 0.3) is 5.76 Å². The summed E-state index contributed by atoms with van der Waals surface area (Å²) in [6, 6.07) is 13.8. The standard InChI is InChI=1S/C25H20N2O6/c28-18-3-1-2-16(12-18)22-21(23(29)17-4-5-19-20(13-17)33-11-10-32-19)24(30)25(31)27(22)14-15-6-8-26-9-7-15/h1-9,12-13,22,28-29H,10-11,14H2/t22-/m1/s1. The molecule has 0 aliphatic carbocycles. The van der Waals surface area contributed by atoms with E-state index in [4.69, 9.17) is 9.47 Å². The second-order valence-electron chi connectivity index (χ2n) is 7.74. The maximum atomic E-state index is 13.1. The summed E-state index contributed by atoms with van der Waals surface area (Å²) < 4.78 is 11.1. The van der Waals surface area contributed by atoms with Gasteiger partial charge >= 0.3 is 0 Å². The highest BCUT2D eigenvalue weighted by Gasteiger charge is 2.46. The number of aliphatic hydroxyl groups is 1. The Labute approximate surface area is 189 Å². The number of carbonyl (C=O) groups is 2. The van der Waals surface area contributed by atoms with Crippen molar-refractivity contribution in [2.24, 2.45) is 0 Å². The Hall–Kier alpha value is -4.33. The second-order valence-corrected chi connectivity index (χ2v) is 7.74. The molecule has 0 radical (unpaired) electrons. The minimum Gasteiger partial charge on any atom is -0.508 e. The number of phenols is 1. The van der Waals surface area contributed by atoms with Gasteiger partial charge in [0.2, 0.25) is 0 Å². The van der Waals surface area contributed by atoms with Crippen LogP contribution in [0.5, 0.6) is 17.2 Å². The van der Waals surface area contributed by atoms with Crippen molar-refractivity contribution >= 4 is 17.4 Å². The molecule has 1 amide bonds. The van der Waals surface area contributed by atoms with Crippen molar-refractivity contribution in [3.05, 3.63) is 89.3 Å². The fourth-order valence-corrected chi connectivity index (χ4v) is 4.12. The smallest absolute Gasteiger partial charge is 0.295 e. The first kappa shape index (κ1) is 20.6. The van der Waals surface area contributed by atoms with Gasteiger partial charge < -0.3 is 24.6 Å². The predicted octanol–water partition coefficient (Wildman–Crippen LogP) is 3.18. The third-order valence-corrected chi connectivity index (χ3v) is 5.64. The number of amides is 1. The lowest BCUT2D eigenvalue weighted by Crippen LogP contribution is -2.29. The third kappa shape index (κ3) is 3.76. The van der Waals surface area contributed by atoms with E-state index in [2.05, 4.69) is 4.98 Å². The Bertz CT molecular complexity index is 1270. The minimum absolute atomic E-state index is 0.0127. The molecule has 0 saturated carbocycles. The first-order valence-electron chi connectivity index (χ1n) is 10.4. The third-order valence-electron chi connectivity index (χ3n) is 5.64. The molecule has 0 bridgehead atoms. The SMILES string of the molecule is O=C1C(=O)N(Cc2ccncc2)[C@H](c2cccc(O)c2)C1=C(O)c1ccc2c(c1)OCCO2. The quantitative estimate of drug-likeness (QED) is 0.361. The highest BCUT2D eigenvalue weighted by atomic mass is 16.6. The van der Waals surface area contributed by atoms with E-state index in [1.165, 1.54) is 17.0 Å². The molecule has 5 rings (SSSR count). The zero-order valence-corrected chi connectivity index (χ0v) is 17.5. The van der Waals surface area contributed by atoms with Crippen molar-refractivity contribution in [2.75, 3.05) is 13.2 Å². The molecule has 2 aliphatic heterocycles. The Kier molecular flexibility index (Phi) is 5.18. The summed E-state index contributed by atoms with van der Waals surface area (Å²) in [6.45, 7) is 0.929. The van der Waals surface area contributed by atoms with E-state index in [-0.39, 0.29) is 23.6 Å². The average molecular weight is 444 g/mol. The van der Waals surface area contributed by atoms with Crippen molar-refractivity contribution in [1.82, 2.24) is 9.88 Å². The largest absolute Gasteiger partial charge is 0.508 e. The lowest BCUT2D eigenvalue weighted by atomic mass is 9.95. The molecule has 33 heavy (non-hydrogen) atoms. The summed E-state index contributed by atoms with van der Waals surface area (Å²) in [6.07, 6.45) is 3.20. The van der Waals surface area contributed by atoms with Crippen LogP contribution in [0.4, 0.5) is 0 Å². The van der Waals surface area contributed by atoms with Gasteiger partial charge in [-0.25, -0.2) is 0 Å². The number of hydrogen-bond donors (Lipinski definition) is 2. The van der Waals surface area contributed by atoms with E-state index in [1.54, 1.807) is 54.9 Å². The normalized spacial score (nSPS) is 19.0. The molecule has 166 valence electrons. The monoisotopic (exact) mass is 444 g/mol. The molecule has 1 aromatic heterocycles. The van der Waals surface area contributed by atoms with Gasteiger partial charge in [0.1, 0.15) is 24.7 Å². The Balaban J connectivity index is 1.64. The Morgan fingerprint density at radius 1 is 1.00 bits per heavy atom. The molecule has 1 fully saturated rings. The van der Waals surface area contributed by atoms with Gasteiger partial charge in [0, 0.05) is 24.5 Å². The van der Waals surface area contributed by atoms with Gasteiger partial charge in [-0.05, 0) is 53.6 Å². The predicted molar refractivity (Wildman–Crippen MR) is 118 cm³/mol. The lowest BCUT2D eigenvalue weighted by molar-refractivity contribution is -0.140. The number of likely N-dealkylation sites (tertiary alicyclic amines) is 1. The van der Waals surface area contributed by atoms with Gasteiger partial charge in [0.05, 0.1) is 11.6 Å². The first-order chi connectivity index (χ1) is 16.0. The molecule has 3 aromatic rings. The van der Waals surface area contributed by atoms with Gasteiger partial charge in [0.25, 0.3) is 11.7 Å². The van der Waals surface area contributed by atoms with Crippen LogP contribution in [-0.2, 0) is 16.1 Å². The molecular weight excluding hydrogens is 424 g/mol. The number of aromatic nitrogens is 1. The maximum absolute atomic E-state index is 13.1. The molecule has 2 aliphatic rings. The minimum atomic E-state index is -0.890. The fourth-order valence-electron chi connectivity index (χ4n) is 4.12. The van der Waals surface area contributed by atoms with E-state index < -0.39 is 17.7 Å². The fraction of sp³-hybridized carbons (Fsp3) is 0.160. The number of nitrogens with zero attached hydrogens (tertiary/aromatic N) is 2.